The Labute approximate surface area is 439 Å². The Bertz CT molecular complexity index is 1870. The van der Waals surface area contributed by atoms with Crippen LogP contribution in [0.3, 0.4) is 0 Å². The first-order valence-corrected chi connectivity index (χ1v) is 27.0. The number of carbonyl (C=O) groups excluding carboxylic acids is 4. The Morgan fingerprint density at radius 3 is 2.07 bits per heavy atom. The van der Waals surface area contributed by atoms with Crippen LogP contribution < -0.4 is 0 Å². The van der Waals surface area contributed by atoms with Crippen LogP contribution in [-0.4, -0.2) is 183 Å². The van der Waals surface area contributed by atoms with E-state index in [9.17, 15) is 19.8 Å². The number of carbonyl (C=O) groups is 4. The number of nitrogens with zero attached hydrogens (tertiary/aromatic N) is 2. The lowest BCUT2D eigenvalue weighted by Gasteiger charge is -2.45. The lowest BCUT2D eigenvalue weighted by atomic mass is 9.74. The maximum Gasteiger partial charge on any atom is 0.311 e. The zero-order valence-corrected chi connectivity index (χ0v) is 47.3. The fourth-order valence-electron chi connectivity index (χ4n) is 11.8. The number of aliphatic hydroxyl groups is 2. The Morgan fingerprint density at radius 1 is 0.811 bits per heavy atom. The molecule has 20 heteroatoms. The minimum absolute atomic E-state index is 0.0317. The number of aliphatic hydroxyl groups excluding tert-OH is 2. The number of hydrogen-bond acceptors (Lipinski definition) is 20. The molecule has 2 N–H and O–H groups in total. The second-order valence-corrected chi connectivity index (χ2v) is 22.9. The van der Waals surface area contributed by atoms with Gasteiger partial charge in [0.25, 0.3) is 0 Å². The molecular formula is C54H92N2O18. The molecule has 1 saturated carbocycles. The SMILES string of the molecule is CO/N=C1\C[C@@H](C)O[C@@H](O[C@@H]2[C@@H](C)[C@H](O[C@H]3C[C@@H](C)N(C4CC4)CC(C)O3)[C@@H](C)C(=O)OC([C@@H](C)CO[C@@H]3O[C@H](C)[C@@H](O)[C@@H](OC)[C@H]3OC)[C@H](C)[C@@H](OC(=O)CC(C)C)[C@@H](C)C(=O)[C@@](C)(OC(C)=O)C[C@@H]2C)[C@@H]1O. The molecule has 5 aliphatic rings. The Kier molecular flexibility index (Phi) is 22.7. The highest BCUT2D eigenvalue weighted by Crippen LogP contribution is 2.41. The van der Waals surface area contributed by atoms with Gasteiger partial charge in [-0.25, -0.2) is 0 Å². The highest BCUT2D eigenvalue weighted by molar-refractivity contribution is 5.91. The van der Waals surface area contributed by atoms with Crippen molar-refractivity contribution in [2.75, 3.05) is 34.5 Å². The normalized spacial score (nSPS) is 42.5. The zero-order valence-electron chi connectivity index (χ0n) is 47.3. The van der Waals surface area contributed by atoms with E-state index in [-0.39, 0.29) is 43.9 Å². The standard InChI is InChI=1S/C54H92N2O18/c1-26(2)20-40(58)70-46-33(9)45(28(4)25-66-53-49(64-16)48(63-15)42(59)36(12)69-53)72-51(62)35(11)47(71-41-21-29(5)56(38-18-19-38)24-31(7)67-41)32(8)44(73-52-43(60)39(55-65-17)22-30(6)68-52)27(3)23-54(14,74-37(13)57)50(61)34(46)10/h26-36,38,41-49,52-53,59-60H,18-25H2,1-17H3/b55-39+/t27-,28-,29+,30+,31?,32+,33-,34+,35+,36+,41-,42+,43+,44-,45?,46+,47-,48+,49+,52-,53+,54-/m0/s1. The third-order valence-corrected chi connectivity index (χ3v) is 15.7. The average Bonchev–Trinajstić information content (AvgIpc) is 4.18. The Morgan fingerprint density at radius 2 is 1.47 bits per heavy atom. The second kappa shape index (κ2) is 27.1. The molecule has 0 spiro atoms. The summed E-state index contributed by atoms with van der Waals surface area (Å²) >= 11 is 0. The minimum atomic E-state index is -1.84. The lowest BCUT2D eigenvalue weighted by Crippen LogP contribution is -2.59. The van der Waals surface area contributed by atoms with Gasteiger partial charge in [0.15, 0.2) is 30.3 Å². The first-order valence-electron chi connectivity index (χ1n) is 27.0. The smallest absolute Gasteiger partial charge is 0.311 e. The van der Waals surface area contributed by atoms with Crippen LogP contribution in [0.15, 0.2) is 5.16 Å². The molecule has 4 heterocycles. The van der Waals surface area contributed by atoms with Gasteiger partial charge in [0.05, 0.1) is 54.7 Å². The molecule has 0 aromatic carbocycles. The monoisotopic (exact) mass is 1060 g/mol. The van der Waals surface area contributed by atoms with Gasteiger partial charge in [0, 0.05) is 76.8 Å². The molecule has 0 radical (unpaired) electrons. The van der Waals surface area contributed by atoms with Crippen LogP contribution in [-0.2, 0) is 76.1 Å². The zero-order chi connectivity index (χ0) is 55.1. The number of esters is 3. The summed E-state index contributed by atoms with van der Waals surface area (Å²) < 4.78 is 70.0. The lowest BCUT2D eigenvalue weighted by molar-refractivity contribution is -0.305. The predicted octanol–water partition coefficient (Wildman–Crippen LogP) is 5.38. The second-order valence-electron chi connectivity index (χ2n) is 22.9. The molecule has 5 rings (SSSR count). The third-order valence-electron chi connectivity index (χ3n) is 15.7. The molecule has 5 fully saturated rings. The topological polar surface area (TPSA) is 235 Å². The number of Topliss-reactive ketones (excluding diaryl/α,β-unsaturated/α-hetero) is 1. The van der Waals surface area contributed by atoms with Crippen LogP contribution in [0.1, 0.15) is 135 Å². The van der Waals surface area contributed by atoms with E-state index in [1.807, 2.05) is 48.5 Å². The first-order chi connectivity index (χ1) is 34.7. The first kappa shape index (κ1) is 62.0. The molecular weight excluding hydrogens is 965 g/mol. The number of hydrogen-bond donors (Lipinski definition) is 2. The number of ether oxygens (including phenoxy) is 11. The van der Waals surface area contributed by atoms with Crippen molar-refractivity contribution >= 4 is 29.4 Å². The van der Waals surface area contributed by atoms with Crippen molar-refractivity contribution in [3.05, 3.63) is 0 Å². The quantitative estimate of drug-likeness (QED) is 0.112. The third kappa shape index (κ3) is 15.4. The summed E-state index contributed by atoms with van der Waals surface area (Å²) in [5.41, 5.74) is -1.53. The molecule has 0 aromatic rings. The van der Waals surface area contributed by atoms with E-state index >= 15 is 9.59 Å². The van der Waals surface area contributed by atoms with Crippen LogP contribution in [0.5, 0.6) is 0 Å². The predicted molar refractivity (Wildman–Crippen MR) is 269 cm³/mol. The molecule has 4 aliphatic heterocycles. The molecule has 0 amide bonds. The van der Waals surface area contributed by atoms with Gasteiger partial charge in [-0.2, -0.15) is 0 Å². The fraction of sp³-hybridized carbons (Fsp3) is 0.907. The van der Waals surface area contributed by atoms with Crippen molar-refractivity contribution in [2.45, 2.75) is 239 Å². The van der Waals surface area contributed by atoms with Gasteiger partial charge in [0.1, 0.15) is 43.7 Å². The molecule has 0 bridgehead atoms. The summed E-state index contributed by atoms with van der Waals surface area (Å²) in [5, 5.41) is 26.7. The Balaban J connectivity index is 1.66. The number of rotatable bonds is 16. The summed E-state index contributed by atoms with van der Waals surface area (Å²) in [6.07, 6.45) is -9.81. The van der Waals surface area contributed by atoms with E-state index in [0.717, 1.165) is 12.8 Å². The van der Waals surface area contributed by atoms with Crippen molar-refractivity contribution in [2.24, 2.45) is 46.6 Å². The Hall–Kier alpha value is -2.89. The van der Waals surface area contributed by atoms with Crippen LogP contribution in [0.2, 0.25) is 0 Å². The van der Waals surface area contributed by atoms with Gasteiger partial charge in [-0.1, -0.05) is 53.6 Å². The van der Waals surface area contributed by atoms with Crippen LogP contribution in [0.4, 0.5) is 0 Å². The largest absolute Gasteiger partial charge is 0.461 e. The molecule has 426 valence electrons. The van der Waals surface area contributed by atoms with Crippen molar-refractivity contribution < 1.29 is 86.3 Å². The minimum Gasteiger partial charge on any atom is -0.461 e. The summed E-state index contributed by atoms with van der Waals surface area (Å²) in [5.74, 6) is -7.71. The highest BCUT2D eigenvalue weighted by atomic mass is 16.7. The summed E-state index contributed by atoms with van der Waals surface area (Å²) in [6.45, 7) is 25.4. The summed E-state index contributed by atoms with van der Waals surface area (Å²) in [7, 11) is 4.31. The van der Waals surface area contributed by atoms with E-state index in [4.69, 9.17) is 56.9 Å². The van der Waals surface area contributed by atoms with Crippen LogP contribution in [0.25, 0.3) is 0 Å². The van der Waals surface area contributed by atoms with E-state index in [2.05, 4.69) is 17.0 Å². The van der Waals surface area contributed by atoms with Gasteiger partial charge in [0.2, 0.25) is 0 Å². The van der Waals surface area contributed by atoms with E-state index in [1.54, 1.807) is 34.6 Å². The van der Waals surface area contributed by atoms with E-state index in [0.29, 0.717) is 24.7 Å². The number of ketones is 1. The van der Waals surface area contributed by atoms with Crippen molar-refractivity contribution in [3.8, 4) is 0 Å². The van der Waals surface area contributed by atoms with Gasteiger partial charge < -0.3 is 67.2 Å². The van der Waals surface area contributed by atoms with E-state index < -0.39 is 145 Å². The molecule has 1 aliphatic carbocycles. The van der Waals surface area contributed by atoms with Gasteiger partial charge >= 0.3 is 17.9 Å². The van der Waals surface area contributed by atoms with Crippen molar-refractivity contribution in [3.63, 3.8) is 0 Å². The van der Waals surface area contributed by atoms with Crippen molar-refractivity contribution in [1.29, 1.82) is 0 Å². The molecule has 74 heavy (non-hydrogen) atoms. The average molecular weight is 1060 g/mol. The van der Waals surface area contributed by atoms with Gasteiger partial charge in [-0.3, -0.25) is 24.1 Å². The molecule has 2 unspecified atom stereocenters. The fourth-order valence-corrected chi connectivity index (χ4v) is 11.8. The van der Waals surface area contributed by atoms with Crippen LogP contribution in [0, 0.1) is 41.4 Å². The van der Waals surface area contributed by atoms with Crippen LogP contribution >= 0.6 is 0 Å². The van der Waals surface area contributed by atoms with Gasteiger partial charge in [-0.15, -0.1) is 0 Å². The molecule has 20 nitrogen and oxygen atoms in total. The van der Waals surface area contributed by atoms with E-state index in [1.165, 1.54) is 28.3 Å². The molecule has 4 saturated heterocycles. The number of methoxy groups -OCH3 is 2. The maximum absolute atomic E-state index is 15.4. The molecule has 22 atom stereocenters. The highest BCUT2D eigenvalue weighted by Gasteiger charge is 2.53. The number of oxime groups is 1. The summed E-state index contributed by atoms with van der Waals surface area (Å²) in [4.78, 5) is 65.3. The maximum atomic E-state index is 15.4. The molecule has 0 aromatic heterocycles. The van der Waals surface area contributed by atoms with Gasteiger partial charge in [-0.05, 0) is 72.6 Å². The van der Waals surface area contributed by atoms with Crippen molar-refractivity contribution in [1.82, 2.24) is 4.90 Å². The summed E-state index contributed by atoms with van der Waals surface area (Å²) in [6, 6.07) is 0.545. The number of cyclic esters (lactones) is 1.